The molecule has 5 heteroatoms. The number of hydrogen-bond acceptors (Lipinski definition) is 3. The summed E-state index contributed by atoms with van der Waals surface area (Å²) in [4.78, 5) is 27.1. The van der Waals surface area contributed by atoms with Crippen LogP contribution in [0.15, 0.2) is 29.3 Å². The molecular weight excluding hydrogens is 206 g/mol. The first-order valence-corrected chi connectivity index (χ1v) is 4.93. The van der Waals surface area contributed by atoms with E-state index >= 15 is 0 Å². The maximum atomic E-state index is 11.9. The molecule has 82 valence electrons. The number of primary amides is 1. The van der Waals surface area contributed by atoms with Crippen LogP contribution in [0.5, 0.6) is 0 Å². The van der Waals surface area contributed by atoms with Crippen molar-refractivity contribution in [2.24, 2.45) is 5.73 Å². The van der Waals surface area contributed by atoms with Gasteiger partial charge in [0.2, 0.25) is 5.43 Å². The lowest BCUT2D eigenvalue weighted by molar-refractivity contribution is 0.0999. The summed E-state index contributed by atoms with van der Waals surface area (Å²) in [5.74, 6) is -0.710. The molecule has 0 aromatic carbocycles. The summed E-state index contributed by atoms with van der Waals surface area (Å²) in [7, 11) is 0. The van der Waals surface area contributed by atoms with Gasteiger partial charge in [0.15, 0.2) is 0 Å². The van der Waals surface area contributed by atoms with E-state index in [2.05, 4.69) is 4.98 Å². The minimum absolute atomic E-state index is 0.00218. The lowest BCUT2D eigenvalue weighted by Gasteiger charge is -2.08. The van der Waals surface area contributed by atoms with E-state index in [0.29, 0.717) is 17.6 Å². The largest absolute Gasteiger partial charge is 0.365 e. The van der Waals surface area contributed by atoms with E-state index in [1.54, 1.807) is 22.9 Å². The van der Waals surface area contributed by atoms with Crippen LogP contribution in [0.25, 0.3) is 11.0 Å². The fourth-order valence-corrected chi connectivity index (χ4v) is 1.64. The molecule has 2 aromatic rings. The third kappa shape index (κ3) is 1.46. The SMILES string of the molecule is CCn1cc(C(N)=O)c(=O)c2cccnc21. The number of amides is 1. The van der Waals surface area contributed by atoms with Crippen LogP contribution < -0.4 is 11.2 Å². The van der Waals surface area contributed by atoms with E-state index in [1.165, 1.54) is 6.20 Å². The van der Waals surface area contributed by atoms with Crippen LogP contribution in [0.1, 0.15) is 17.3 Å². The highest BCUT2D eigenvalue weighted by molar-refractivity contribution is 5.95. The second-order valence-electron chi connectivity index (χ2n) is 3.40. The van der Waals surface area contributed by atoms with E-state index in [0.717, 1.165) is 0 Å². The van der Waals surface area contributed by atoms with Crippen molar-refractivity contribution in [3.8, 4) is 0 Å². The van der Waals surface area contributed by atoms with Crippen LogP contribution in [0.2, 0.25) is 0 Å². The molecule has 2 aromatic heterocycles. The highest BCUT2D eigenvalue weighted by Gasteiger charge is 2.12. The molecule has 0 bridgehead atoms. The van der Waals surface area contributed by atoms with Gasteiger partial charge in [0.05, 0.1) is 5.39 Å². The summed E-state index contributed by atoms with van der Waals surface area (Å²) < 4.78 is 1.73. The van der Waals surface area contributed by atoms with E-state index in [1.807, 2.05) is 6.92 Å². The summed E-state index contributed by atoms with van der Waals surface area (Å²) in [6.07, 6.45) is 3.07. The van der Waals surface area contributed by atoms with Crippen LogP contribution in [0, 0.1) is 0 Å². The number of carbonyl (C=O) groups excluding carboxylic acids is 1. The topological polar surface area (TPSA) is 78.0 Å². The average molecular weight is 217 g/mol. The minimum Gasteiger partial charge on any atom is -0.365 e. The van der Waals surface area contributed by atoms with Gasteiger partial charge < -0.3 is 10.3 Å². The van der Waals surface area contributed by atoms with E-state index in [-0.39, 0.29) is 11.0 Å². The molecule has 5 nitrogen and oxygen atoms in total. The summed E-state index contributed by atoms with van der Waals surface area (Å²) >= 11 is 0. The predicted molar refractivity (Wildman–Crippen MR) is 60.2 cm³/mol. The van der Waals surface area contributed by atoms with Gasteiger partial charge in [-0.2, -0.15) is 0 Å². The second kappa shape index (κ2) is 3.77. The Hall–Kier alpha value is -2.17. The van der Waals surface area contributed by atoms with Gasteiger partial charge in [0.25, 0.3) is 5.91 Å². The maximum Gasteiger partial charge on any atom is 0.254 e. The molecule has 0 atom stereocenters. The van der Waals surface area contributed by atoms with Crippen LogP contribution in [0.4, 0.5) is 0 Å². The van der Waals surface area contributed by atoms with E-state index in [9.17, 15) is 9.59 Å². The van der Waals surface area contributed by atoms with E-state index < -0.39 is 5.91 Å². The minimum atomic E-state index is -0.710. The Bertz CT molecular complexity index is 616. The number of nitrogens with two attached hydrogens (primary N) is 1. The van der Waals surface area contributed by atoms with Crippen LogP contribution >= 0.6 is 0 Å². The predicted octanol–water partition coefficient (Wildman–Crippen LogP) is 0.515. The van der Waals surface area contributed by atoms with E-state index in [4.69, 9.17) is 5.73 Å². The standard InChI is InChI=1S/C11H11N3O2/c1-2-14-6-8(10(12)16)9(15)7-4-3-5-13-11(7)14/h3-6H,2H2,1H3,(H2,12,16). The second-order valence-corrected chi connectivity index (χ2v) is 3.40. The first-order chi connectivity index (χ1) is 7.65. The summed E-state index contributed by atoms with van der Waals surface area (Å²) in [5, 5.41) is 0.417. The first-order valence-electron chi connectivity index (χ1n) is 4.93. The van der Waals surface area contributed by atoms with Gasteiger partial charge in [-0.05, 0) is 19.1 Å². The van der Waals surface area contributed by atoms with Crippen molar-refractivity contribution in [2.75, 3.05) is 0 Å². The molecule has 0 aliphatic rings. The van der Waals surface area contributed by atoms with Crippen molar-refractivity contribution >= 4 is 16.9 Å². The Morgan fingerprint density at radius 2 is 2.31 bits per heavy atom. The third-order valence-corrected chi connectivity index (χ3v) is 2.44. The molecule has 0 radical (unpaired) electrons. The number of fused-ring (bicyclic) bond motifs is 1. The van der Waals surface area contributed by atoms with Crippen molar-refractivity contribution in [1.29, 1.82) is 0 Å². The number of pyridine rings is 2. The first kappa shape index (κ1) is 10.4. The number of aromatic nitrogens is 2. The average Bonchev–Trinajstić information content (AvgIpc) is 2.29. The smallest absolute Gasteiger partial charge is 0.254 e. The lowest BCUT2D eigenvalue weighted by Crippen LogP contribution is -2.24. The van der Waals surface area contributed by atoms with Crippen LogP contribution in [-0.2, 0) is 6.54 Å². The Labute approximate surface area is 91.5 Å². The molecule has 0 unspecified atom stereocenters. The monoisotopic (exact) mass is 217 g/mol. The van der Waals surface area contributed by atoms with Crippen LogP contribution in [-0.4, -0.2) is 15.5 Å². The Morgan fingerprint density at radius 3 is 2.94 bits per heavy atom. The highest BCUT2D eigenvalue weighted by atomic mass is 16.2. The molecule has 2 N–H and O–H groups in total. The number of carbonyl (C=O) groups is 1. The van der Waals surface area contributed by atoms with Crippen molar-refractivity contribution < 1.29 is 4.79 Å². The molecule has 0 aliphatic heterocycles. The van der Waals surface area contributed by atoms with Crippen LogP contribution in [0.3, 0.4) is 0 Å². The maximum absolute atomic E-state index is 11.9. The summed E-state index contributed by atoms with van der Waals surface area (Å²) in [6.45, 7) is 2.53. The number of hydrogen-bond donors (Lipinski definition) is 1. The molecule has 0 aliphatic carbocycles. The quantitative estimate of drug-likeness (QED) is 0.796. The van der Waals surface area contributed by atoms with Gasteiger partial charge in [-0.15, -0.1) is 0 Å². The molecule has 1 amide bonds. The van der Waals surface area contributed by atoms with Gasteiger partial charge in [0, 0.05) is 18.9 Å². The Kier molecular flexibility index (Phi) is 2.44. The van der Waals surface area contributed by atoms with Gasteiger partial charge in [-0.25, -0.2) is 4.98 Å². The third-order valence-electron chi connectivity index (χ3n) is 2.44. The Morgan fingerprint density at radius 1 is 1.56 bits per heavy atom. The molecule has 0 fully saturated rings. The number of aryl methyl sites for hydroxylation is 1. The van der Waals surface area contributed by atoms with Gasteiger partial charge in [-0.3, -0.25) is 9.59 Å². The van der Waals surface area contributed by atoms with Gasteiger partial charge in [0.1, 0.15) is 11.2 Å². The molecule has 0 saturated heterocycles. The van der Waals surface area contributed by atoms with Crippen molar-refractivity contribution in [3.63, 3.8) is 0 Å². The van der Waals surface area contributed by atoms with Gasteiger partial charge in [-0.1, -0.05) is 0 Å². The number of rotatable bonds is 2. The zero-order chi connectivity index (χ0) is 11.7. The molecule has 0 spiro atoms. The zero-order valence-electron chi connectivity index (χ0n) is 8.80. The molecule has 2 heterocycles. The Balaban J connectivity index is 2.94. The van der Waals surface area contributed by atoms with Gasteiger partial charge >= 0.3 is 0 Å². The normalized spacial score (nSPS) is 10.6. The molecule has 2 rings (SSSR count). The fourth-order valence-electron chi connectivity index (χ4n) is 1.64. The summed E-state index contributed by atoms with van der Waals surface area (Å²) in [5.41, 5.74) is 5.37. The summed E-state index contributed by atoms with van der Waals surface area (Å²) in [6, 6.07) is 3.30. The molecule has 16 heavy (non-hydrogen) atoms. The zero-order valence-corrected chi connectivity index (χ0v) is 8.80. The lowest BCUT2D eigenvalue weighted by atomic mass is 10.2. The highest BCUT2D eigenvalue weighted by Crippen LogP contribution is 2.08. The van der Waals surface area contributed by atoms with Crippen molar-refractivity contribution in [1.82, 2.24) is 9.55 Å². The van der Waals surface area contributed by atoms with Crippen molar-refractivity contribution in [2.45, 2.75) is 13.5 Å². The fraction of sp³-hybridized carbons (Fsp3) is 0.182. The molecular formula is C11H11N3O2. The molecule has 0 saturated carbocycles. The number of nitrogens with zero attached hydrogens (tertiary/aromatic N) is 2. The van der Waals surface area contributed by atoms with Crippen molar-refractivity contribution in [3.05, 3.63) is 40.3 Å².